The summed E-state index contributed by atoms with van der Waals surface area (Å²) < 4.78 is 16.5. The first-order valence-electron chi connectivity index (χ1n) is 10.4. The highest BCUT2D eigenvalue weighted by molar-refractivity contribution is 7.14. The number of aromatic nitrogens is 1. The molecule has 1 amide bonds. The van der Waals surface area contributed by atoms with Gasteiger partial charge in [-0.1, -0.05) is 30.3 Å². The number of carbonyl (C=O) groups is 2. The minimum Gasteiger partial charge on any atom is -0.495 e. The first-order valence-corrected chi connectivity index (χ1v) is 11.3. The lowest BCUT2D eigenvalue weighted by Crippen LogP contribution is -2.23. The Kier molecular flexibility index (Phi) is 7.19. The molecule has 0 atom stereocenters. The second-order valence-electron chi connectivity index (χ2n) is 7.16. The Morgan fingerprint density at radius 3 is 2.29 bits per heavy atom. The molecule has 0 aliphatic carbocycles. The van der Waals surface area contributed by atoms with Gasteiger partial charge in [0, 0.05) is 12.3 Å². The number of hydrogen-bond acceptors (Lipinski definition) is 7. The molecule has 172 valence electrons. The first kappa shape index (κ1) is 23.0. The van der Waals surface area contributed by atoms with Gasteiger partial charge in [0.1, 0.15) is 23.9 Å². The molecule has 4 aromatic rings. The lowest BCUT2D eigenvalue weighted by atomic mass is 10.2. The van der Waals surface area contributed by atoms with E-state index < -0.39 is 5.97 Å². The first-order chi connectivity index (χ1) is 16.5. The molecule has 0 unspecified atom stereocenters. The number of hydrogen-bond donors (Lipinski definition) is 0. The van der Waals surface area contributed by atoms with Crippen molar-refractivity contribution in [2.45, 2.75) is 13.5 Å². The Morgan fingerprint density at radius 1 is 0.912 bits per heavy atom. The van der Waals surface area contributed by atoms with Gasteiger partial charge in [-0.05, 0) is 48.5 Å². The van der Waals surface area contributed by atoms with Gasteiger partial charge in [-0.15, -0.1) is 11.3 Å². The number of thiazole rings is 1. The molecule has 0 bridgehead atoms. The zero-order valence-electron chi connectivity index (χ0n) is 18.6. The number of rotatable bonds is 8. The average Bonchev–Trinajstić information content (AvgIpc) is 3.32. The summed E-state index contributed by atoms with van der Waals surface area (Å²) in [5.41, 5.74) is 1.53. The molecule has 0 aliphatic heterocycles. The van der Waals surface area contributed by atoms with Crippen LogP contribution in [-0.2, 0) is 16.1 Å². The highest BCUT2D eigenvalue weighted by atomic mass is 32.1. The van der Waals surface area contributed by atoms with E-state index in [1.54, 1.807) is 48.9 Å². The van der Waals surface area contributed by atoms with E-state index in [9.17, 15) is 9.59 Å². The van der Waals surface area contributed by atoms with Gasteiger partial charge >= 0.3 is 5.97 Å². The van der Waals surface area contributed by atoms with Crippen LogP contribution in [0.1, 0.15) is 23.0 Å². The third-order valence-electron chi connectivity index (χ3n) is 4.79. The Bertz CT molecular complexity index is 1270. The second-order valence-corrected chi connectivity index (χ2v) is 8.00. The van der Waals surface area contributed by atoms with Crippen LogP contribution in [0.25, 0.3) is 0 Å². The van der Waals surface area contributed by atoms with E-state index in [-0.39, 0.29) is 12.5 Å². The number of amides is 1. The van der Waals surface area contributed by atoms with E-state index in [0.717, 1.165) is 0 Å². The maximum atomic E-state index is 12.5. The highest BCUT2D eigenvalue weighted by Crippen LogP contribution is 2.35. The maximum Gasteiger partial charge on any atom is 0.338 e. The normalized spacial score (nSPS) is 10.4. The van der Waals surface area contributed by atoms with E-state index in [1.807, 2.05) is 42.5 Å². The molecule has 1 heterocycles. The second kappa shape index (κ2) is 10.6. The van der Waals surface area contributed by atoms with Crippen LogP contribution in [0, 0.1) is 0 Å². The summed E-state index contributed by atoms with van der Waals surface area (Å²) in [6.45, 7) is 1.44. The molecule has 0 radical (unpaired) electrons. The van der Waals surface area contributed by atoms with Crippen molar-refractivity contribution in [2.24, 2.45) is 0 Å². The SMILES string of the molecule is COc1ccccc1N(C(C)=O)c1nc(COC(=O)c2ccc(Oc3ccccc3)cc2)cs1. The van der Waals surface area contributed by atoms with E-state index >= 15 is 0 Å². The van der Waals surface area contributed by atoms with Crippen molar-refractivity contribution >= 4 is 34.0 Å². The number of carbonyl (C=O) groups excluding carboxylic acids is 2. The summed E-state index contributed by atoms with van der Waals surface area (Å²) in [4.78, 5) is 30.8. The monoisotopic (exact) mass is 474 g/mol. The van der Waals surface area contributed by atoms with Crippen molar-refractivity contribution in [3.05, 3.63) is 95.5 Å². The Hall–Kier alpha value is -4.17. The molecule has 1 aromatic heterocycles. The van der Waals surface area contributed by atoms with Gasteiger partial charge in [0.25, 0.3) is 0 Å². The number of ether oxygens (including phenoxy) is 3. The van der Waals surface area contributed by atoms with Crippen molar-refractivity contribution in [3.63, 3.8) is 0 Å². The number of esters is 1. The maximum absolute atomic E-state index is 12.5. The van der Waals surface area contributed by atoms with Gasteiger partial charge < -0.3 is 14.2 Å². The Balaban J connectivity index is 1.40. The topological polar surface area (TPSA) is 78.0 Å². The predicted octanol–water partition coefficient (Wildman–Crippen LogP) is 5.99. The number of nitrogens with zero attached hydrogens (tertiary/aromatic N) is 2. The van der Waals surface area contributed by atoms with Gasteiger partial charge in [0.05, 0.1) is 24.1 Å². The van der Waals surface area contributed by atoms with Gasteiger partial charge in [0.15, 0.2) is 5.13 Å². The smallest absolute Gasteiger partial charge is 0.338 e. The average molecular weight is 475 g/mol. The van der Waals surface area contributed by atoms with Gasteiger partial charge in [-0.2, -0.15) is 0 Å². The molecule has 34 heavy (non-hydrogen) atoms. The fourth-order valence-corrected chi connectivity index (χ4v) is 4.06. The molecule has 0 saturated heterocycles. The van der Waals surface area contributed by atoms with Crippen LogP contribution in [0.2, 0.25) is 0 Å². The molecule has 0 aliphatic rings. The van der Waals surface area contributed by atoms with Gasteiger partial charge in [-0.25, -0.2) is 9.78 Å². The summed E-state index contributed by atoms with van der Waals surface area (Å²) in [6.07, 6.45) is 0. The van der Waals surface area contributed by atoms with Crippen molar-refractivity contribution < 1.29 is 23.8 Å². The zero-order chi connectivity index (χ0) is 23.9. The van der Waals surface area contributed by atoms with Crippen molar-refractivity contribution in [1.82, 2.24) is 4.98 Å². The fraction of sp³-hybridized carbons (Fsp3) is 0.115. The third kappa shape index (κ3) is 5.41. The van der Waals surface area contributed by atoms with Crippen molar-refractivity contribution in [2.75, 3.05) is 12.0 Å². The quantitative estimate of drug-likeness (QED) is 0.292. The minimum atomic E-state index is -0.478. The van der Waals surface area contributed by atoms with Crippen LogP contribution in [-0.4, -0.2) is 24.0 Å². The predicted molar refractivity (Wildman–Crippen MR) is 130 cm³/mol. The molecule has 0 spiro atoms. The van der Waals surface area contributed by atoms with E-state index in [4.69, 9.17) is 14.2 Å². The molecule has 8 heteroatoms. The molecule has 0 saturated carbocycles. The highest BCUT2D eigenvalue weighted by Gasteiger charge is 2.21. The fourth-order valence-electron chi connectivity index (χ4n) is 3.19. The van der Waals surface area contributed by atoms with Crippen molar-refractivity contribution in [3.8, 4) is 17.2 Å². The van der Waals surface area contributed by atoms with E-state index in [1.165, 1.54) is 23.2 Å². The number of benzene rings is 3. The van der Waals surface area contributed by atoms with Crippen LogP contribution in [0.3, 0.4) is 0 Å². The lowest BCUT2D eigenvalue weighted by molar-refractivity contribution is -0.115. The summed E-state index contributed by atoms with van der Waals surface area (Å²) in [6, 6.07) is 23.3. The summed E-state index contributed by atoms with van der Waals surface area (Å²) in [5, 5.41) is 2.22. The largest absolute Gasteiger partial charge is 0.495 e. The zero-order valence-corrected chi connectivity index (χ0v) is 19.5. The molecule has 0 N–H and O–H groups in total. The van der Waals surface area contributed by atoms with Crippen LogP contribution >= 0.6 is 11.3 Å². The number of para-hydroxylation sites is 3. The Morgan fingerprint density at radius 2 is 1.59 bits per heavy atom. The van der Waals surface area contributed by atoms with E-state index in [2.05, 4.69) is 4.98 Å². The molecule has 7 nitrogen and oxygen atoms in total. The summed E-state index contributed by atoms with van der Waals surface area (Å²) in [7, 11) is 1.55. The molecule has 3 aromatic carbocycles. The summed E-state index contributed by atoms with van der Waals surface area (Å²) in [5.74, 6) is 1.20. The standard InChI is InChI=1S/C26H22N2O5S/c1-18(29)28(23-10-6-7-11-24(23)31-2)26-27-20(17-34-26)16-32-25(30)19-12-14-22(15-13-19)33-21-8-4-3-5-9-21/h3-15,17H,16H2,1-2H3. The third-order valence-corrected chi connectivity index (χ3v) is 5.67. The van der Waals surface area contributed by atoms with Crippen LogP contribution in [0.4, 0.5) is 10.8 Å². The Labute approximate surface area is 201 Å². The lowest BCUT2D eigenvalue weighted by Gasteiger charge is -2.20. The van der Waals surface area contributed by atoms with Crippen LogP contribution < -0.4 is 14.4 Å². The number of anilines is 2. The molecular formula is C26H22N2O5S. The summed E-state index contributed by atoms with van der Waals surface area (Å²) >= 11 is 1.28. The molecule has 0 fully saturated rings. The van der Waals surface area contributed by atoms with Crippen LogP contribution in [0.15, 0.2) is 84.2 Å². The van der Waals surface area contributed by atoms with E-state index in [0.29, 0.717) is 39.3 Å². The number of methoxy groups -OCH3 is 1. The molecular weight excluding hydrogens is 452 g/mol. The van der Waals surface area contributed by atoms with Gasteiger partial charge in [-0.3, -0.25) is 9.69 Å². The van der Waals surface area contributed by atoms with Crippen molar-refractivity contribution in [1.29, 1.82) is 0 Å². The van der Waals surface area contributed by atoms with Gasteiger partial charge in [0.2, 0.25) is 5.91 Å². The molecule has 4 rings (SSSR count). The van der Waals surface area contributed by atoms with Crippen LogP contribution in [0.5, 0.6) is 17.2 Å². The minimum absolute atomic E-state index is 0.0186.